The molecule has 2 aromatic carbocycles. The molecular weight excluding hydrogens is 271 g/mol. The minimum atomic E-state index is -0.986. The van der Waals surface area contributed by atoms with Gasteiger partial charge in [0.2, 0.25) is 0 Å². The molecule has 3 nitrogen and oxygen atoms in total. The van der Waals surface area contributed by atoms with E-state index < -0.39 is 8.15 Å². The molecule has 4 heteroatoms. The van der Waals surface area contributed by atoms with Gasteiger partial charge in [0.15, 0.2) is 0 Å². The van der Waals surface area contributed by atoms with Crippen LogP contribution in [0.1, 0.15) is 20.8 Å². The highest BCUT2D eigenvalue weighted by atomic mass is 31.1. The van der Waals surface area contributed by atoms with Crippen molar-refractivity contribution in [2.45, 2.75) is 26.4 Å². The van der Waals surface area contributed by atoms with Crippen LogP contribution in [0.5, 0.6) is 11.5 Å². The maximum atomic E-state index is 9.41. The van der Waals surface area contributed by atoms with Crippen LogP contribution in [0.3, 0.4) is 0 Å². The van der Waals surface area contributed by atoms with Gasteiger partial charge in [-0.2, -0.15) is 0 Å². The van der Waals surface area contributed by atoms with Gasteiger partial charge in [-0.25, -0.2) is 0 Å². The van der Waals surface area contributed by atoms with Gasteiger partial charge in [-0.3, -0.25) is 0 Å². The summed E-state index contributed by atoms with van der Waals surface area (Å²) in [6.07, 6.45) is 0. The SMILES string of the molecule is CC(C)(C)OP(c1ccc(O)cc1)c1ccc(O)cc1. The van der Waals surface area contributed by atoms with Crippen LogP contribution in [0.25, 0.3) is 0 Å². The number of rotatable bonds is 3. The molecule has 0 saturated heterocycles. The second-order valence-corrected chi connectivity index (χ2v) is 7.33. The van der Waals surface area contributed by atoms with Crippen molar-refractivity contribution in [3.8, 4) is 11.5 Å². The van der Waals surface area contributed by atoms with Crippen molar-refractivity contribution in [3.05, 3.63) is 48.5 Å². The summed E-state index contributed by atoms with van der Waals surface area (Å²) >= 11 is 0. The molecule has 0 amide bonds. The van der Waals surface area contributed by atoms with E-state index >= 15 is 0 Å². The van der Waals surface area contributed by atoms with Crippen molar-refractivity contribution in [3.63, 3.8) is 0 Å². The van der Waals surface area contributed by atoms with E-state index in [1.807, 2.05) is 45.0 Å². The van der Waals surface area contributed by atoms with Crippen LogP contribution in [0.15, 0.2) is 48.5 Å². The van der Waals surface area contributed by atoms with Gasteiger partial charge >= 0.3 is 0 Å². The molecular formula is C16H19O3P. The summed E-state index contributed by atoms with van der Waals surface area (Å²) in [6, 6.07) is 14.2. The van der Waals surface area contributed by atoms with Crippen molar-refractivity contribution in [2.24, 2.45) is 0 Å². The van der Waals surface area contributed by atoms with E-state index in [1.165, 1.54) is 0 Å². The van der Waals surface area contributed by atoms with E-state index in [-0.39, 0.29) is 17.1 Å². The molecule has 0 spiro atoms. The van der Waals surface area contributed by atoms with Crippen LogP contribution in [-0.4, -0.2) is 15.8 Å². The van der Waals surface area contributed by atoms with E-state index in [9.17, 15) is 10.2 Å². The minimum Gasteiger partial charge on any atom is -0.508 e. The predicted molar refractivity (Wildman–Crippen MR) is 83.2 cm³/mol. The second kappa shape index (κ2) is 5.82. The first kappa shape index (κ1) is 14.8. The molecule has 0 heterocycles. The van der Waals surface area contributed by atoms with Crippen LogP contribution in [0, 0.1) is 0 Å². The Morgan fingerprint density at radius 2 is 1.10 bits per heavy atom. The van der Waals surface area contributed by atoms with Gasteiger partial charge in [0.1, 0.15) is 11.5 Å². The second-order valence-electron chi connectivity index (χ2n) is 5.53. The summed E-state index contributed by atoms with van der Waals surface area (Å²) in [7, 11) is -0.986. The van der Waals surface area contributed by atoms with E-state index in [0.29, 0.717) is 0 Å². The molecule has 0 unspecified atom stereocenters. The van der Waals surface area contributed by atoms with Crippen LogP contribution in [0.4, 0.5) is 0 Å². The van der Waals surface area contributed by atoms with Gasteiger partial charge in [-0.15, -0.1) is 0 Å². The van der Waals surface area contributed by atoms with E-state index in [4.69, 9.17) is 4.52 Å². The number of aromatic hydroxyl groups is 2. The van der Waals surface area contributed by atoms with Crippen molar-refractivity contribution in [2.75, 3.05) is 0 Å². The standard InChI is InChI=1S/C16H19O3P/c1-16(2,3)19-20(14-8-4-12(17)5-9-14)15-10-6-13(18)7-11-15/h4-11,17-18H,1-3H3. The molecule has 2 rings (SSSR count). The quantitative estimate of drug-likeness (QED) is 0.853. The fourth-order valence-electron chi connectivity index (χ4n) is 1.70. The third-order valence-corrected chi connectivity index (χ3v) is 4.80. The van der Waals surface area contributed by atoms with Crippen LogP contribution < -0.4 is 10.6 Å². The van der Waals surface area contributed by atoms with Crippen molar-refractivity contribution in [1.82, 2.24) is 0 Å². The Kier molecular flexibility index (Phi) is 4.32. The Balaban J connectivity index is 2.38. The summed E-state index contributed by atoms with van der Waals surface area (Å²) < 4.78 is 6.19. The predicted octanol–water partition coefficient (Wildman–Crippen LogP) is 3.26. The molecule has 106 valence electrons. The zero-order valence-corrected chi connectivity index (χ0v) is 12.8. The number of hydrogen-bond acceptors (Lipinski definition) is 3. The Morgan fingerprint density at radius 1 is 0.750 bits per heavy atom. The topological polar surface area (TPSA) is 49.7 Å². The van der Waals surface area contributed by atoms with Gasteiger partial charge < -0.3 is 14.7 Å². The molecule has 0 bridgehead atoms. The molecule has 0 aliphatic rings. The molecule has 0 aliphatic carbocycles. The average Bonchev–Trinajstić information content (AvgIpc) is 2.37. The van der Waals surface area contributed by atoms with Crippen LogP contribution >= 0.6 is 8.15 Å². The third kappa shape index (κ3) is 3.96. The lowest BCUT2D eigenvalue weighted by Crippen LogP contribution is -2.23. The lowest BCUT2D eigenvalue weighted by Gasteiger charge is -2.27. The minimum absolute atomic E-state index is 0.241. The summed E-state index contributed by atoms with van der Waals surface area (Å²) in [5.41, 5.74) is -0.276. The highest BCUT2D eigenvalue weighted by Crippen LogP contribution is 2.40. The molecule has 2 N–H and O–H groups in total. The summed E-state index contributed by atoms with van der Waals surface area (Å²) in [5.74, 6) is 0.482. The zero-order chi connectivity index (χ0) is 14.8. The van der Waals surface area contributed by atoms with Crippen molar-refractivity contribution < 1.29 is 14.7 Å². The van der Waals surface area contributed by atoms with Crippen molar-refractivity contribution >= 4 is 18.8 Å². The Labute approximate surface area is 120 Å². The van der Waals surface area contributed by atoms with Crippen molar-refractivity contribution in [1.29, 1.82) is 0 Å². The molecule has 20 heavy (non-hydrogen) atoms. The van der Waals surface area contributed by atoms with E-state index in [1.54, 1.807) is 24.3 Å². The summed E-state index contributed by atoms with van der Waals surface area (Å²) in [5, 5.41) is 20.9. The maximum absolute atomic E-state index is 9.41. The fourth-order valence-corrected chi connectivity index (χ4v) is 3.60. The Hall–Kier alpha value is -1.57. The number of hydrogen-bond donors (Lipinski definition) is 2. The third-order valence-electron chi connectivity index (χ3n) is 2.53. The number of phenols is 2. The smallest absolute Gasteiger partial charge is 0.115 e. The molecule has 0 aromatic heterocycles. The lowest BCUT2D eigenvalue weighted by atomic mass is 10.2. The van der Waals surface area contributed by atoms with Gasteiger partial charge in [0.05, 0.1) is 13.7 Å². The zero-order valence-electron chi connectivity index (χ0n) is 11.9. The Morgan fingerprint density at radius 3 is 1.40 bits per heavy atom. The highest BCUT2D eigenvalue weighted by Gasteiger charge is 2.22. The molecule has 0 atom stereocenters. The maximum Gasteiger partial charge on any atom is 0.115 e. The van der Waals surface area contributed by atoms with Crippen LogP contribution in [0.2, 0.25) is 0 Å². The molecule has 0 saturated carbocycles. The largest absolute Gasteiger partial charge is 0.508 e. The normalized spacial score (nSPS) is 11.8. The first-order chi connectivity index (χ1) is 9.35. The van der Waals surface area contributed by atoms with E-state index in [0.717, 1.165) is 10.6 Å². The Bertz CT molecular complexity index is 510. The monoisotopic (exact) mass is 290 g/mol. The van der Waals surface area contributed by atoms with Gasteiger partial charge in [-0.1, -0.05) is 0 Å². The molecule has 2 aromatic rings. The number of phenolic OH excluding ortho intramolecular Hbond substituents is 2. The highest BCUT2D eigenvalue weighted by molar-refractivity contribution is 7.68. The first-order valence-corrected chi connectivity index (χ1v) is 7.68. The first-order valence-electron chi connectivity index (χ1n) is 6.42. The number of benzene rings is 2. The lowest BCUT2D eigenvalue weighted by molar-refractivity contribution is 0.155. The van der Waals surface area contributed by atoms with Gasteiger partial charge in [0.25, 0.3) is 0 Å². The molecule has 0 radical (unpaired) electrons. The fraction of sp³-hybridized carbons (Fsp3) is 0.250. The molecule has 0 fully saturated rings. The van der Waals surface area contributed by atoms with E-state index in [2.05, 4.69) is 0 Å². The van der Waals surface area contributed by atoms with Gasteiger partial charge in [0, 0.05) is 10.6 Å². The molecule has 0 aliphatic heterocycles. The van der Waals surface area contributed by atoms with Crippen LogP contribution in [-0.2, 0) is 4.52 Å². The summed E-state index contributed by atoms with van der Waals surface area (Å²) in [6.45, 7) is 6.05. The van der Waals surface area contributed by atoms with Gasteiger partial charge in [-0.05, 0) is 69.3 Å². The average molecular weight is 290 g/mol. The summed E-state index contributed by atoms with van der Waals surface area (Å²) in [4.78, 5) is 0.